The van der Waals surface area contributed by atoms with E-state index in [0.717, 1.165) is 25.7 Å². The molecule has 0 spiro atoms. The third-order valence-corrected chi connectivity index (χ3v) is 9.94. The predicted molar refractivity (Wildman–Crippen MR) is 111 cm³/mol. The van der Waals surface area contributed by atoms with Crippen LogP contribution in [-0.2, 0) is 23.9 Å². The van der Waals surface area contributed by atoms with E-state index in [1.807, 2.05) is 0 Å². The first kappa shape index (κ1) is 21.7. The zero-order valence-corrected chi connectivity index (χ0v) is 18.9. The third-order valence-electron chi connectivity index (χ3n) is 9.94. The Morgan fingerprint density at radius 2 is 1.83 bits per heavy atom. The Bertz CT molecular complexity index is 772. The zero-order valence-electron chi connectivity index (χ0n) is 18.9. The Labute approximate surface area is 179 Å². The molecule has 4 aliphatic carbocycles. The molecule has 4 saturated carbocycles. The largest absolute Gasteiger partial charge is 0.469 e. The molecule has 4 rings (SSSR count). The third kappa shape index (κ3) is 3.10. The Kier molecular flexibility index (Phi) is 5.47. The van der Waals surface area contributed by atoms with Crippen molar-refractivity contribution < 1.29 is 23.9 Å². The lowest BCUT2D eigenvalue weighted by Crippen LogP contribution is -2.60. The van der Waals surface area contributed by atoms with Crippen molar-refractivity contribution in [2.24, 2.45) is 46.3 Å². The van der Waals surface area contributed by atoms with E-state index in [1.54, 1.807) is 0 Å². The second-order valence-corrected chi connectivity index (χ2v) is 11.0. The molecular weight excluding hydrogens is 380 g/mol. The van der Waals surface area contributed by atoms with Crippen molar-refractivity contribution in [3.8, 4) is 0 Å². The van der Waals surface area contributed by atoms with E-state index in [-0.39, 0.29) is 52.7 Å². The highest BCUT2D eigenvalue weighted by Gasteiger charge is 2.66. The van der Waals surface area contributed by atoms with Crippen LogP contribution in [0.15, 0.2) is 0 Å². The van der Waals surface area contributed by atoms with Crippen molar-refractivity contribution >= 4 is 23.3 Å². The standard InChI is InChI=1S/C25H36O5/c1-14(5-8-22(29)30-4)17-6-7-18-23-19(13-21(28)25(17,18)3)24(2)10-9-16(26)11-15(24)12-20(23)27/h14-15,17-19,23H,5-13H2,1-4H3/t14?,15?,17-,18+,19+,23?,24+,25-/m1/s1. The van der Waals surface area contributed by atoms with Crippen molar-refractivity contribution in [1.29, 1.82) is 0 Å². The summed E-state index contributed by atoms with van der Waals surface area (Å²) in [4.78, 5) is 50.7. The summed E-state index contributed by atoms with van der Waals surface area (Å²) in [5, 5.41) is 0. The van der Waals surface area contributed by atoms with Crippen molar-refractivity contribution in [2.75, 3.05) is 7.11 Å². The molecule has 4 aliphatic rings. The molecule has 0 aliphatic heterocycles. The summed E-state index contributed by atoms with van der Waals surface area (Å²) >= 11 is 0. The van der Waals surface area contributed by atoms with Crippen LogP contribution in [0.25, 0.3) is 0 Å². The number of Topliss-reactive ketones (excluding diaryl/α,β-unsaturated/α-hetero) is 3. The normalized spacial score (nSPS) is 44.1. The van der Waals surface area contributed by atoms with Crippen LogP contribution in [0.5, 0.6) is 0 Å². The van der Waals surface area contributed by atoms with Gasteiger partial charge in [0.05, 0.1) is 7.11 Å². The van der Waals surface area contributed by atoms with Gasteiger partial charge in [-0.25, -0.2) is 0 Å². The van der Waals surface area contributed by atoms with Gasteiger partial charge in [-0.3, -0.25) is 19.2 Å². The predicted octanol–water partition coefficient (Wildman–Crippen LogP) is 4.16. The number of rotatable bonds is 4. The first-order chi connectivity index (χ1) is 14.1. The van der Waals surface area contributed by atoms with Crippen LogP contribution in [0.3, 0.4) is 0 Å². The fourth-order valence-electron chi connectivity index (χ4n) is 8.04. The molecule has 4 fully saturated rings. The summed E-state index contributed by atoms with van der Waals surface area (Å²) in [5.74, 6) is 1.41. The summed E-state index contributed by atoms with van der Waals surface area (Å²) in [7, 11) is 1.41. The topological polar surface area (TPSA) is 77.5 Å². The van der Waals surface area contributed by atoms with E-state index < -0.39 is 5.41 Å². The number of methoxy groups -OCH3 is 1. The van der Waals surface area contributed by atoms with Gasteiger partial charge >= 0.3 is 5.97 Å². The van der Waals surface area contributed by atoms with Crippen LogP contribution in [0.2, 0.25) is 0 Å². The Morgan fingerprint density at radius 1 is 1.10 bits per heavy atom. The molecule has 5 nitrogen and oxygen atoms in total. The minimum Gasteiger partial charge on any atom is -0.469 e. The monoisotopic (exact) mass is 416 g/mol. The van der Waals surface area contributed by atoms with E-state index in [9.17, 15) is 19.2 Å². The summed E-state index contributed by atoms with van der Waals surface area (Å²) in [6, 6.07) is 0. The Hall–Kier alpha value is -1.52. The molecular formula is C25H36O5. The van der Waals surface area contributed by atoms with Gasteiger partial charge in [0.15, 0.2) is 0 Å². The zero-order chi connectivity index (χ0) is 21.8. The first-order valence-corrected chi connectivity index (χ1v) is 11.8. The van der Waals surface area contributed by atoms with E-state index in [1.165, 1.54) is 7.11 Å². The highest BCUT2D eigenvalue weighted by Crippen LogP contribution is 2.66. The quantitative estimate of drug-likeness (QED) is 0.643. The molecule has 0 heterocycles. The summed E-state index contributed by atoms with van der Waals surface area (Å²) in [6.07, 6.45) is 5.87. The second-order valence-electron chi connectivity index (χ2n) is 11.0. The molecule has 0 aromatic rings. The van der Waals surface area contributed by atoms with Crippen LogP contribution < -0.4 is 0 Å². The first-order valence-electron chi connectivity index (χ1n) is 11.8. The molecule has 0 bridgehead atoms. The smallest absolute Gasteiger partial charge is 0.305 e. The lowest BCUT2D eigenvalue weighted by Gasteiger charge is -2.58. The maximum absolute atomic E-state index is 13.7. The second kappa shape index (κ2) is 7.56. The van der Waals surface area contributed by atoms with Crippen LogP contribution in [0, 0.1) is 46.3 Å². The minimum atomic E-state index is -0.472. The van der Waals surface area contributed by atoms with E-state index in [4.69, 9.17) is 4.74 Å². The van der Waals surface area contributed by atoms with Gasteiger partial charge in [0.2, 0.25) is 0 Å². The molecule has 0 radical (unpaired) electrons. The Morgan fingerprint density at radius 3 is 2.53 bits per heavy atom. The van der Waals surface area contributed by atoms with Gasteiger partial charge in [0.25, 0.3) is 0 Å². The van der Waals surface area contributed by atoms with E-state index >= 15 is 0 Å². The Balaban J connectivity index is 1.60. The minimum absolute atomic E-state index is 0.0417. The van der Waals surface area contributed by atoms with Gasteiger partial charge in [-0.05, 0) is 60.7 Å². The van der Waals surface area contributed by atoms with Crippen LogP contribution in [0.4, 0.5) is 0 Å². The van der Waals surface area contributed by atoms with Gasteiger partial charge in [-0.1, -0.05) is 20.8 Å². The van der Waals surface area contributed by atoms with Gasteiger partial charge in [0.1, 0.15) is 17.3 Å². The number of hydrogen-bond acceptors (Lipinski definition) is 5. The van der Waals surface area contributed by atoms with Crippen molar-refractivity contribution in [1.82, 2.24) is 0 Å². The summed E-state index contributed by atoms with van der Waals surface area (Å²) in [5.41, 5.74) is -0.544. The van der Waals surface area contributed by atoms with Crippen molar-refractivity contribution in [2.45, 2.75) is 78.6 Å². The molecule has 0 N–H and O–H groups in total. The van der Waals surface area contributed by atoms with E-state index in [2.05, 4.69) is 20.8 Å². The van der Waals surface area contributed by atoms with Gasteiger partial charge in [-0.2, -0.15) is 0 Å². The summed E-state index contributed by atoms with van der Waals surface area (Å²) < 4.78 is 4.80. The highest BCUT2D eigenvalue weighted by atomic mass is 16.5. The highest BCUT2D eigenvalue weighted by molar-refractivity contribution is 5.93. The van der Waals surface area contributed by atoms with Crippen LogP contribution in [0.1, 0.15) is 78.6 Å². The molecule has 0 saturated heterocycles. The van der Waals surface area contributed by atoms with Crippen LogP contribution >= 0.6 is 0 Å². The van der Waals surface area contributed by atoms with E-state index in [0.29, 0.717) is 43.7 Å². The molecule has 8 atom stereocenters. The number of fused-ring (bicyclic) bond motifs is 5. The lowest BCUT2D eigenvalue weighted by molar-refractivity contribution is -0.166. The molecule has 30 heavy (non-hydrogen) atoms. The van der Waals surface area contributed by atoms with Gasteiger partial charge in [0, 0.05) is 43.4 Å². The van der Waals surface area contributed by atoms with Crippen molar-refractivity contribution in [3.63, 3.8) is 0 Å². The molecule has 0 aromatic carbocycles. The average Bonchev–Trinajstić information content (AvgIpc) is 3.06. The number of esters is 1. The van der Waals surface area contributed by atoms with Gasteiger partial charge in [-0.15, -0.1) is 0 Å². The molecule has 0 amide bonds. The summed E-state index contributed by atoms with van der Waals surface area (Å²) in [6.45, 7) is 6.50. The van der Waals surface area contributed by atoms with Crippen LogP contribution in [-0.4, -0.2) is 30.4 Å². The number of ketones is 3. The maximum atomic E-state index is 13.7. The van der Waals surface area contributed by atoms with Gasteiger partial charge < -0.3 is 4.74 Å². The lowest BCUT2D eigenvalue weighted by atomic mass is 9.44. The molecule has 0 aromatic heterocycles. The number of carbonyl (C=O) groups excluding carboxylic acids is 4. The molecule has 166 valence electrons. The van der Waals surface area contributed by atoms with Crippen molar-refractivity contribution in [3.05, 3.63) is 0 Å². The number of hydrogen-bond donors (Lipinski definition) is 0. The molecule has 5 heteroatoms. The maximum Gasteiger partial charge on any atom is 0.305 e. The average molecular weight is 417 g/mol. The SMILES string of the molecule is COC(=O)CCC(C)[C@H]1CC[C@H]2C3C(=O)CC4CC(=O)CC[C@]4(C)[C@H]3CC(=O)[C@]12C. The fourth-order valence-corrected chi connectivity index (χ4v) is 8.04. The fraction of sp³-hybridized carbons (Fsp3) is 0.840. The molecule has 3 unspecified atom stereocenters. The number of ether oxygens (including phenoxy) is 1. The number of carbonyl (C=O) groups is 4.